The van der Waals surface area contributed by atoms with E-state index < -0.39 is 0 Å². The Kier molecular flexibility index (Phi) is 7.23. The van der Waals surface area contributed by atoms with Gasteiger partial charge in [0.15, 0.2) is 0 Å². The molecule has 3 aromatic carbocycles. The third-order valence-electron chi connectivity index (χ3n) is 5.60. The molecule has 0 unspecified atom stereocenters. The van der Waals surface area contributed by atoms with E-state index in [0.717, 1.165) is 22.8 Å². The fraction of sp³-hybridized carbons (Fsp3) is 0.0323. The SMILES string of the molecule is COc1ccc(N(c2ccc(C=Cc3cccs3)cc2)c2ccc(C=Cc3cccs3)cc2)cc1. The van der Waals surface area contributed by atoms with Crippen molar-refractivity contribution in [2.24, 2.45) is 0 Å². The van der Waals surface area contributed by atoms with Crippen LogP contribution < -0.4 is 9.64 Å². The molecule has 0 saturated heterocycles. The fourth-order valence-electron chi connectivity index (χ4n) is 3.78. The molecule has 0 spiro atoms. The van der Waals surface area contributed by atoms with Gasteiger partial charge in [0, 0.05) is 26.8 Å². The van der Waals surface area contributed by atoms with Crippen molar-refractivity contribution in [1.29, 1.82) is 0 Å². The molecule has 2 nitrogen and oxygen atoms in total. The molecule has 0 saturated carbocycles. The normalized spacial score (nSPS) is 11.3. The van der Waals surface area contributed by atoms with Gasteiger partial charge in [-0.05, 0) is 94.7 Å². The number of nitrogens with zero attached hydrogens (tertiary/aromatic N) is 1. The van der Waals surface area contributed by atoms with E-state index in [0.29, 0.717) is 0 Å². The van der Waals surface area contributed by atoms with E-state index in [4.69, 9.17) is 4.74 Å². The van der Waals surface area contributed by atoms with Gasteiger partial charge in [-0.1, -0.05) is 48.6 Å². The van der Waals surface area contributed by atoms with E-state index in [9.17, 15) is 0 Å². The largest absolute Gasteiger partial charge is 0.497 e. The molecule has 35 heavy (non-hydrogen) atoms. The van der Waals surface area contributed by atoms with Crippen molar-refractivity contribution < 1.29 is 4.74 Å². The lowest BCUT2D eigenvalue weighted by atomic mass is 10.1. The number of rotatable bonds is 8. The standard InChI is InChI=1S/C31H25NOS2/c1-33-29-18-16-28(17-19-29)32(26-12-6-24(7-13-26)10-20-30-4-2-22-34-30)27-14-8-25(9-15-27)11-21-31-5-3-23-35-31/h2-23H,1H3. The molecule has 0 aliphatic heterocycles. The molecule has 0 fully saturated rings. The molecule has 0 bridgehead atoms. The predicted octanol–water partition coefficient (Wildman–Crippen LogP) is 9.63. The quantitative estimate of drug-likeness (QED) is 0.214. The zero-order valence-corrected chi connectivity index (χ0v) is 21.0. The Morgan fingerprint density at radius 2 is 0.971 bits per heavy atom. The third-order valence-corrected chi connectivity index (χ3v) is 7.27. The third kappa shape index (κ3) is 5.80. The highest BCUT2D eigenvalue weighted by molar-refractivity contribution is 7.11. The van der Waals surface area contributed by atoms with Gasteiger partial charge < -0.3 is 9.64 Å². The highest BCUT2D eigenvalue weighted by atomic mass is 32.1. The van der Waals surface area contributed by atoms with Crippen LogP contribution in [0.3, 0.4) is 0 Å². The van der Waals surface area contributed by atoms with E-state index in [1.54, 1.807) is 29.8 Å². The van der Waals surface area contributed by atoms with Crippen LogP contribution >= 0.6 is 22.7 Å². The van der Waals surface area contributed by atoms with Crippen molar-refractivity contribution >= 4 is 64.0 Å². The van der Waals surface area contributed by atoms with E-state index in [-0.39, 0.29) is 0 Å². The Bertz CT molecular complexity index is 1290. The van der Waals surface area contributed by atoms with Crippen molar-refractivity contribution in [1.82, 2.24) is 0 Å². The molecule has 0 amide bonds. The molecule has 0 aliphatic rings. The minimum Gasteiger partial charge on any atom is -0.497 e. The van der Waals surface area contributed by atoms with Crippen LogP contribution in [0, 0.1) is 0 Å². The van der Waals surface area contributed by atoms with Gasteiger partial charge in [0.05, 0.1) is 7.11 Å². The zero-order chi connectivity index (χ0) is 23.9. The first-order valence-electron chi connectivity index (χ1n) is 11.4. The van der Waals surface area contributed by atoms with Crippen LogP contribution in [0.4, 0.5) is 17.1 Å². The van der Waals surface area contributed by atoms with Crippen LogP contribution in [0.1, 0.15) is 20.9 Å². The van der Waals surface area contributed by atoms with Gasteiger partial charge in [0.1, 0.15) is 5.75 Å². The molecule has 0 N–H and O–H groups in total. The van der Waals surface area contributed by atoms with Crippen LogP contribution in [0.25, 0.3) is 24.3 Å². The average molecular weight is 492 g/mol. The number of ether oxygens (including phenoxy) is 1. The first kappa shape index (κ1) is 22.9. The molecule has 4 heteroatoms. The summed E-state index contributed by atoms with van der Waals surface area (Å²) in [5, 5.41) is 4.19. The summed E-state index contributed by atoms with van der Waals surface area (Å²) in [7, 11) is 1.69. The fourth-order valence-corrected chi connectivity index (χ4v) is 5.01. The van der Waals surface area contributed by atoms with Crippen LogP contribution in [0.15, 0.2) is 108 Å². The monoisotopic (exact) mass is 491 g/mol. The number of methoxy groups -OCH3 is 1. The van der Waals surface area contributed by atoms with Gasteiger partial charge in [-0.15, -0.1) is 22.7 Å². The number of benzene rings is 3. The molecule has 2 heterocycles. The summed E-state index contributed by atoms with van der Waals surface area (Å²) >= 11 is 3.48. The van der Waals surface area contributed by atoms with Crippen molar-refractivity contribution in [3.8, 4) is 5.75 Å². The van der Waals surface area contributed by atoms with Crippen molar-refractivity contribution in [2.45, 2.75) is 0 Å². The Hall–Kier alpha value is -3.86. The zero-order valence-electron chi connectivity index (χ0n) is 19.4. The first-order valence-corrected chi connectivity index (χ1v) is 13.1. The smallest absolute Gasteiger partial charge is 0.119 e. The minimum absolute atomic E-state index is 0.844. The van der Waals surface area contributed by atoms with E-state index in [1.807, 2.05) is 12.1 Å². The molecule has 0 atom stereocenters. The van der Waals surface area contributed by atoms with E-state index in [1.165, 1.54) is 20.9 Å². The Labute approximate surface area is 214 Å². The lowest BCUT2D eigenvalue weighted by molar-refractivity contribution is 0.415. The molecular weight excluding hydrogens is 466 g/mol. The average Bonchev–Trinajstić information content (AvgIpc) is 3.63. The van der Waals surface area contributed by atoms with Gasteiger partial charge in [-0.25, -0.2) is 0 Å². The predicted molar refractivity (Wildman–Crippen MR) is 154 cm³/mol. The Morgan fingerprint density at radius 1 is 0.543 bits per heavy atom. The van der Waals surface area contributed by atoms with Crippen LogP contribution in [-0.4, -0.2) is 7.11 Å². The summed E-state index contributed by atoms with van der Waals surface area (Å²) in [6, 6.07) is 33.9. The lowest BCUT2D eigenvalue weighted by Crippen LogP contribution is -2.09. The molecule has 2 aromatic heterocycles. The van der Waals surface area contributed by atoms with Crippen molar-refractivity contribution in [3.63, 3.8) is 0 Å². The van der Waals surface area contributed by atoms with Gasteiger partial charge in [0.25, 0.3) is 0 Å². The van der Waals surface area contributed by atoms with Gasteiger partial charge in [-0.2, -0.15) is 0 Å². The lowest BCUT2D eigenvalue weighted by Gasteiger charge is -2.26. The molecule has 0 radical (unpaired) electrons. The minimum atomic E-state index is 0.844. The second-order valence-corrected chi connectivity index (χ2v) is 9.87. The Morgan fingerprint density at radius 3 is 1.34 bits per heavy atom. The van der Waals surface area contributed by atoms with E-state index in [2.05, 4.69) is 125 Å². The van der Waals surface area contributed by atoms with Gasteiger partial charge in [0.2, 0.25) is 0 Å². The highest BCUT2D eigenvalue weighted by Gasteiger charge is 2.12. The maximum absolute atomic E-state index is 5.37. The molecular formula is C31H25NOS2. The highest BCUT2D eigenvalue weighted by Crippen LogP contribution is 2.35. The molecule has 5 rings (SSSR count). The summed E-state index contributed by atoms with van der Waals surface area (Å²) in [5.74, 6) is 0.844. The number of thiophene rings is 2. The first-order chi connectivity index (χ1) is 17.3. The molecule has 5 aromatic rings. The second-order valence-electron chi connectivity index (χ2n) is 7.91. The van der Waals surface area contributed by atoms with Crippen LogP contribution in [0.5, 0.6) is 5.75 Å². The summed E-state index contributed by atoms with van der Waals surface area (Å²) in [6.45, 7) is 0. The maximum atomic E-state index is 5.37. The second kappa shape index (κ2) is 11.0. The Balaban J connectivity index is 1.44. The van der Waals surface area contributed by atoms with E-state index >= 15 is 0 Å². The maximum Gasteiger partial charge on any atom is 0.119 e. The summed E-state index contributed by atoms with van der Waals surface area (Å²) in [6.07, 6.45) is 8.62. The summed E-state index contributed by atoms with van der Waals surface area (Å²) < 4.78 is 5.37. The summed E-state index contributed by atoms with van der Waals surface area (Å²) in [4.78, 5) is 4.77. The van der Waals surface area contributed by atoms with Crippen LogP contribution in [-0.2, 0) is 0 Å². The topological polar surface area (TPSA) is 12.5 Å². The van der Waals surface area contributed by atoms with Crippen molar-refractivity contribution in [2.75, 3.05) is 12.0 Å². The van der Waals surface area contributed by atoms with Gasteiger partial charge in [-0.3, -0.25) is 0 Å². The van der Waals surface area contributed by atoms with Crippen LogP contribution in [0.2, 0.25) is 0 Å². The van der Waals surface area contributed by atoms with Crippen molar-refractivity contribution in [3.05, 3.63) is 129 Å². The number of hydrogen-bond donors (Lipinski definition) is 0. The molecule has 172 valence electrons. The number of anilines is 3. The summed E-state index contributed by atoms with van der Waals surface area (Å²) in [5.41, 5.74) is 5.63. The molecule has 0 aliphatic carbocycles. The van der Waals surface area contributed by atoms with Gasteiger partial charge >= 0.3 is 0 Å². The number of hydrogen-bond acceptors (Lipinski definition) is 4.